The van der Waals surface area contributed by atoms with E-state index in [1.165, 1.54) is 13.5 Å². The average Bonchev–Trinajstić information content (AvgIpc) is 3.23. The molecular formula is C47H91N7O10. The highest BCUT2D eigenvalue weighted by Crippen LogP contribution is 2.26. The fourth-order valence-corrected chi connectivity index (χ4v) is 7.11. The summed E-state index contributed by atoms with van der Waals surface area (Å²) in [5, 5.41) is 20.1. The summed E-state index contributed by atoms with van der Waals surface area (Å²) < 4.78 is 28.6. The van der Waals surface area contributed by atoms with Crippen molar-refractivity contribution < 1.29 is 47.7 Å². The molecule has 0 spiro atoms. The fourth-order valence-electron chi connectivity index (χ4n) is 7.11. The number of nitrogens with one attached hydrogen (secondary N) is 7. The third kappa shape index (κ3) is 28.9. The summed E-state index contributed by atoms with van der Waals surface area (Å²) in [5.41, 5.74) is -1.68. The van der Waals surface area contributed by atoms with Gasteiger partial charge in [0, 0.05) is 57.3 Å². The summed E-state index contributed by atoms with van der Waals surface area (Å²) in [6.07, 6.45) is 13.2. The van der Waals surface area contributed by atoms with E-state index in [9.17, 15) is 24.0 Å². The van der Waals surface area contributed by atoms with Gasteiger partial charge in [0.15, 0.2) is 0 Å². The number of carbonyl (C=O) groups excluding carboxylic acids is 5. The van der Waals surface area contributed by atoms with Crippen molar-refractivity contribution in [3.63, 3.8) is 0 Å². The number of urea groups is 2. The van der Waals surface area contributed by atoms with E-state index < -0.39 is 28.7 Å². The molecule has 7 N–H and O–H groups in total. The Hall–Kier alpha value is -3.73. The first-order valence-corrected chi connectivity index (χ1v) is 24.3. The minimum Gasteiger partial charge on any atom is -0.449 e. The molecule has 1 aliphatic rings. The number of hydrogen-bond acceptors (Lipinski definition) is 10. The SMILES string of the molecule is CCC(COCCC(C)C)(COC(=O)NC)COC(=O)NCCCCCCNC(=O)NC(C)(C)C(C)COC(C)(C)CC(C)NC(=O)NCCCCCCNC(=O)OC1CCCCC1. The smallest absolute Gasteiger partial charge is 0.407 e. The first-order chi connectivity index (χ1) is 30.3. The van der Waals surface area contributed by atoms with Crippen molar-refractivity contribution in [1.29, 1.82) is 0 Å². The molecule has 0 heterocycles. The Balaban J connectivity index is 2.21. The van der Waals surface area contributed by atoms with E-state index in [0.29, 0.717) is 64.8 Å². The second-order valence-corrected chi connectivity index (χ2v) is 19.4. The molecule has 1 rings (SSSR count). The first-order valence-electron chi connectivity index (χ1n) is 24.3. The molecule has 0 saturated heterocycles. The highest BCUT2D eigenvalue weighted by atomic mass is 16.6. The molecule has 374 valence electrons. The lowest BCUT2D eigenvalue weighted by Gasteiger charge is -2.36. The maximum atomic E-state index is 12.8. The van der Waals surface area contributed by atoms with Gasteiger partial charge in [-0.25, -0.2) is 24.0 Å². The van der Waals surface area contributed by atoms with E-state index in [1.54, 1.807) is 0 Å². The topological polar surface area (TPSA) is 216 Å². The molecule has 17 nitrogen and oxygen atoms in total. The Morgan fingerprint density at radius 2 is 1.19 bits per heavy atom. The molecule has 0 aliphatic heterocycles. The number of rotatable bonds is 33. The van der Waals surface area contributed by atoms with Crippen molar-refractivity contribution in [2.45, 2.75) is 188 Å². The number of unbranched alkanes of at least 4 members (excludes halogenated alkanes) is 6. The Morgan fingerprint density at radius 3 is 1.73 bits per heavy atom. The zero-order valence-electron chi connectivity index (χ0n) is 41.6. The molecule has 17 heteroatoms. The second kappa shape index (κ2) is 32.8. The Bertz CT molecular complexity index is 1310. The van der Waals surface area contributed by atoms with Gasteiger partial charge in [0.1, 0.15) is 19.3 Å². The Labute approximate surface area is 386 Å². The van der Waals surface area contributed by atoms with Crippen LogP contribution < -0.4 is 37.2 Å². The molecule has 3 unspecified atom stereocenters. The molecule has 0 aromatic heterocycles. The minimum absolute atomic E-state index is 0.00627. The van der Waals surface area contributed by atoms with Crippen LogP contribution in [0.2, 0.25) is 0 Å². The number of amides is 7. The van der Waals surface area contributed by atoms with Crippen LogP contribution in [0.15, 0.2) is 0 Å². The molecule has 1 aliphatic carbocycles. The van der Waals surface area contributed by atoms with E-state index in [0.717, 1.165) is 83.5 Å². The number of alkyl carbamates (subject to hydrolysis) is 3. The molecular weight excluding hydrogens is 823 g/mol. The lowest BCUT2D eigenvalue weighted by Crippen LogP contribution is -2.53. The van der Waals surface area contributed by atoms with Crippen molar-refractivity contribution in [1.82, 2.24) is 37.2 Å². The van der Waals surface area contributed by atoms with Crippen LogP contribution in [0.3, 0.4) is 0 Å². The standard InChI is InChI=1S/C47H91N7O10/c1-11-47(34-61-42(57)48-10,33-60-30-25-36(2)3)35-62-43(58)51-28-21-14-13-20-27-50-41(56)54-46(8,9)37(4)32-63-45(6,7)31-38(5)53-40(55)49-26-19-12-15-22-29-52-44(59)64-39-23-17-16-18-24-39/h36-39H,11-35H2,1-10H3,(H,48,57)(H,51,58)(H,52,59)(H2,49,53,55)(H2,50,54,56). The van der Waals surface area contributed by atoms with Gasteiger partial charge >= 0.3 is 30.3 Å². The molecule has 1 fully saturated rings. The fraction of sp³-hybridized carbons (Fsp3) is 0.894. The highest BCUT2D eigenvalue weighted by Gasteiger charge is 2.33. The van der Waals surface area contributed by atoms with Crippen molar-refractivity contribution in [3.05, 3.63) is 0 Å². The van der Waals surface area contributed by atoms with E-state index in [1.807, 2.05) is 48.5 Å². The molecule has 7 amide bonds. The van der Waals surface area contributed by atoms with Gasteiger partial charge < -0.3 is 60.9 Å². The van der Waals surface area contributed by atoms with Gasteiger partial charge in [-0.3, -0.25) is 0 Å². The third-order valence-electron chi connectivity index (χ3n) is 11.9. The van der Waals surface area contributed by atoms with E-state index >= 15 is 0 Å². The third-order valence-corrected chi connectivity index (χ3v) is 11.9. The van der Waals surface area contributed by atoms with Gasteiger partial charge in [0.25, 0.3) is 0 Å². The van der Waals surface area contributed by atoms with Crippen LogP contribution in [0.5, 0.6) is 0 Å². The normalized spacial score (nSPS) is 15.2. The van der Waals surface area contributed by atoms with Crippen LogP contribution in [0.4, 0.5) is 24.0 Å². The van der Waals surface area contributed by atoms with Crippen LogP contribution in [0.1, 0.15) is 165 Å². The first kappa shape index (κ1) is 58.3. The van der Waals surface area contributed by atoms with Gasteiger partial charge in [-0.15, -0.1) is 0 Å². The number of carbonyl (C=O) groups is 5. The summed E-state index contributed by atoms with van der Waals surface area (Å²) >= 11 is 0. The minimum atomic E-state index is -0.646. The monoisotopic (exact) mass is 914 g/mol. The molecule has 0 radical (unpaired) electrons. The van der Waals surface area contributed by atoms with Gasteiger partial charge in [-0.05, 0) is 111 Å². The number of ether oxygens (including phenoxy) is 5. The lowest BCUT2D eigenvalue weighted by molar-refractivity contribution is -0.0521. The van der Waals surface area contributed by atoms with Crippen LogP contribution in [-0.2, 0) is 23.7 Å². The zero-order chi connectivity index (χ0) is 47.9. The predicted molar refractivity (Wildman–Crippen MR) is 251 cm³/mol. The van der Waals surface area contributed by atoms with Gasteiger partial charge in [-0.2, -0.15) is 0 Å². The lowest BCUT2D eigenvalue weighted by atomic mass is 9.88. The summed E-state index contributed by atoms with van der Waals surface area (Å²) in [6.45, 7) is 21.8. The van der Waals surface area contributed by atoms with Gasteiger partial charge in [0.05, 0.1) is 24.2 Å². The van der Waals surface area contributed by atoms with Crippen LogP contribution in [0, 0.1) is 17.3 Å². The van der Waals surface area contributed by atoms with E-state index in [2.05, 4.69) is 51.1 Å². The van der Waals surface area contributed by atoms with Crippen LogP contribution >= 0.6 is 0 Å². The maximum absolute atomic E-state index is 12.8. The molecule has 0 aromatic carbocycles. The maximum Gasteiger partial charge on any atom is 0.407 e. The summed E-state index contributed by atoms with van der Waals surface area (Å²) in [6, 6.07) is -0.547. The Morgan fingerprint density at radius 1 is 0.656 bits per heavy atom. The summed E-state index contributed by atoms with van der Waals surface area (Å²) in [5.74, 6) is 0.508. The van der Waals surface area contributed by atoms with Crippen molar-refractivity contribution >= 4 is 30.3 Å². The average molecular weight is 914 g/mol. The Kier molecular flexibility index (Phi) is 29.9. The quantitative estimate of drug-likeness (QED) is 0.0247. The highest BCUT2D eigenvalue weighted by molar-refractivity contribution is 5.75. The van der Waals surface area contributed by atoms with Crippen LogP contribution in [-0.4, -0.2) is 120 Å². The zero-order valence-corrected chi connectivity index (χ0v) is 41.6. The predicted octanol–water partition coefficient (Wildman–Crippen LogP) is 8.29. The van der Waals surface area contributed by atoms with Crippen molar-refractivity contribution in [2.75, 3.05) is 66.3 Å². The van der Waals surface area contributed by atoms with Gasteiger partial charge in [0.2, 0.25) is 0 Å². The largest absolute Gasteiger partial charge is 0.449 e. The molecule has 3 atom stereocenters. The van der Waals surface area contributed by atoms with Gasteiger partial charge in [-0.1, -0.05) is 59.8 Å². The van der Waals surface area contributed by atoms with E-state index in [-0.39, 0.29) is 49.4 Å². The number of hydrogen-bond donors (Lipinski definition) is 7. The molecule has 64 heavy (non-hydrogen) atoms. The van der Waals surface area contributed by atoms with Crippen molar-refractivity contribution in [3.8, 4) is 0 Å². The molecule has 1 saturated carbocycles. The second-order valence-electron chi connectivity index (χ2n) is 19.4. The van der Waals surface area contributed by atoms with Crippen LogP contribution in [0.25, 0.3) is 0 Å². The van der Waals surface area contributed by atoms with E-state index in [4.69, 9.17) is 23.7 Å². The summed E-state index contributed by atoms with van der Waals surface area (Å²) in [7, 11) is 1.50. The summed E-state index contributed by atoms with van der Waals surface area (Å²) in [4.78, 5) is 61.5. The molecule has 0 aromatic rings. The molecule has 0 bridgehead atoms. The van der Waals surface area contributed by atoms with Crippen molar-refractivity contribution in [2.24, 2.45) is 17.3 Å².